The fourth-order valence-electron chi connectivity index (χ4n) is 1.63. The SMILES string of the molecule is O=C1CCC(Nc2ncc([N+](=O)[O-])cc2Cl)C(=O)N1. The number of rotatable bonds is 3. The molecule has 2 amide bonds. The Morgan fingerprint density at radius 3 is 2.84 bits per heavy atom. The molecule has 1 aliphatic heterocycles. The van der Waals surface area contributed by atoms with Crippen LogP contribution in [0.2, 0.25) is 5.02 Å². The Balaban J connectivity index is 2.13. The van der Waals surface area contributed by atoms with Crippen molar-refractivity contribution in [2.75, 3.05) is 5.32 Å². The van der Waals surface area contributed by atoms with Gasteiger partial charge in [-0.15, -0.1) is 0 Å². The monoisotopic (exact) mass is 284 g/mol. The minimum Gasteiger partial charge on any atom is -0.357 e. The van der Waals surface area contributed by atoms with E-state index in [4.69, 9.17) is 11.6 Å². The first-order valence-electron chi connectivity index (χ1n) is 5.37. The van der Waals surface area contributed by atoms with Crippen LogP contribution in [0.3, 0.4) is 0 Å². The molecule has 9 heteroatoms. The number of halogens is 1. The van der Waals surface area contributed by atoms with Gasteiger partial charge in [0.05, 0.1) is 9.95 Å². The van der Waals surface area contributed by atoms with E-state index in [9.17, 15) is 19.7 Å². The molecule has 0 saturated carbocycles. The van der Waals surface area contributed by atoms with Gasteiger partial charge in [-0.05, 0) is 6.42 Å². The Hall–Kier alpha value is -2.22. The maximum absolute atomic E-state index is 11.5. The highest BCUT2D eigenvalue weighted by molar-refractivity contribution is 6.33. The van der Waals surface area contributed by atoms with E-state index in [0.717, 1.165) is 12.3 Å². The highest BCUT2D eigenvalue weighted by atomic mass is 35.5. The van der Waals surface area contributed by atoms with Gasteiger partial charge in [-0.3, -0.25) is 25.0 Å². The molecular weight excluding hydrogens is 276 g/mol. The molecule has 1 saturated heterocycles. The number of nitro groups is 1. The van der Waals surface area contributed by atoms with Crippen molar-refractivity contribution in [3.05, 3.63) is 27.4 Å². The molecule has 1 fully saturated rings. The number of imide groups is 1. The van der Waals surface area contributed by atoms with E-state index in [1.54, 1.807) is 0 Å². The molecule has 0 aromatic carbocycles. The fourth-order valence-corrected chi connectivity index (χ4v) is 1.85. The number of pyridine rings is 1. The largest absolute Gasteiger partial charge is 0.357 e. The zero-order valence-corrected chi connectivity index (χ0v) is 10.3. The summed E-state index contributed by atoms with van der Waals surface area (Å²) in [4.78, 5) is 36.2. The molecule has 19 heavy (non-hydrogen) atoms. The molecule has 8 nitrogen and oxygen atoms in total. The number of nitrogens with one attached hydrogen (secondary N) is 2. The summed E-state index contributed by atoms with van der Waals surface area (Å²) in [7, 11) is 0. The second kappa shape index (κ2) is 5.19. The number of piperidine rings is 1. The second-order valence-electron chi connectivity index (χ2n) is 3.93. The molecule has 0 spiro atoms. The van der Waals surface area contributed by atoms with Crippen LogP contribution in [0.25, 0.3) is 0 Å². The van der Waals surface area contributed by atoms with E-state index in [1.165, 1.54) is 0 Å². The van der Waals surface area contributed by atoms with Gasteiger partial charge in [0.25, 0.3) is 5.69 Å². The first-order chi connectivity index (χ1) is 8.97. The Labute approximate surface area is 112 Å². The molecule has 1 atom stereocenters. The van der Waals surface area contributed by atoms with Gasteiger partial charge < -0.3 is 5.32 Å². The molecule has 1 aromatic heterocycles. The van der Waals surface area contributed by atoms with Crippen LogP contribution in [0.1, 0.15) is 12.8 Å². The van der Waals surface area contributed by atoms with Gasteiger partial charge in [0.1, 0.15) is 18.1 Å². The van der Waals surface area contributed by atoms with Gasteiger partial charge in [-0.2, -0.15) is 0 Å². The van der Waals surface area contributed by atoms with Crippen LogP contribution < -0.4 is 10.6 Å². The lowest BCUT2D eigenvalue weighted by molar-refractivity contribution is -0.385. The lowest BCUT2D eigenvalue weighted by Crippen LogP contribution is -2.47. The Bertz CT molecular complexity index is 562. The minimum atomic E-state index is -0.635. The van der Waals surface area contributed by atoms with Crippen molar-refractivity contribution in [2.45, 2.75) is 18.9 Å². The number of hydrogen-bond donors (Lipinski definition) is 2. The number of nitrogens with zero attached hydrogens (tertiary/aromatic N) is 2. The summed E-state index contributed by atoms with van der Waals surface area (Å²) in [5.74, 6) is -0.625. The average Bonchev–Trinajstić information content (AvgIpc) is 2.34. The van der Waals surface area contributed by atoms with E-state index < -0.39 is 16.9 Å². The predicted octanol–water partition coefficient (Wildman–Crippen LogP) is 0.860. The van der Waals surface area contributed by atoms with Crippen molar-refractivity contribution in [3.8, 4) is 0 Å². The molecule has 0 aliphatic carbocycles. The molecule has 1 aliphatic rings. The summed E-state index contributed by atoms with van der Waals surface area (Å²) < 4.78 is 0. The first-order valence-corrected chi connectivity index (χ1v) is 5.75. The van der Waals surface area contributed by atoms with Gasteiger partial charge in [-0.25, -0.2) is 4.98 Å². The number of carbonyl (C=O) groups is 2. The number of amides is 2. The van der Waals surface area contributed by atoms with Gasteiger partial charge >= 0.3 is 0 Å². The van der Waals surface area contributed by atoms with Crippen molar-refractivity contribution in [3.63, 3.8) is 0 Å². The molecule has 1 aromatic rings. The molecule has 2 heterocycles. The summed E-state index contributed by atoms with van der Waals surface area (Å²) in [5, 5.41) is 15.5. The van der Waals surface area contributed by atoms with Gasteiger partial charge in [0.15, 0.2) is 0 Å². The molecule has 100 valence electrons. The fraction of sp³-hybridized carbons (Fsp3) is 0.300. The lowest BCUT2D eigenvalue weighted by atomic mass is 10.1. The third kappa shape index (κ3) is 2.97. The van der Waals surface area contributed by atoms with Gasteiger partial charge in [0, 0.05) is 12.5 Å². The van der Waals surface area contributed by atoms with E-state index in [2.05, 4.69) is 15.6 Å². The van der Waals surface area contributed by atoms with E-state index in [-0.39, 0.29) is 28.9 Å². The van der Waals surface area contributed by atoms with Crippen LogP contribution in [0.4, 0.5) is 11.5 Å². The maximum Gasteiger partial charge on any atom is 0.289 e. The van der Waals surface area contributed by atoms with E-state index in [1.807, 2.05) is 0 Å². The third-order valence-electron chi connectivity index (χ3n) is 2.59. The Morgan fingerprint density at radius 2 is 2.26 bits per heavy atom. The van der Waals surface area contributed by atoms with Crippen LogP contribution in [0, 0.1) is 10.1 Å². The standard InChI is InChI=1S/C10H9ClN4O4/c11-6-3-5(15(18)19)4-12-9(6)13-7-1-2-8(16)14-10(7)17/h3-4,7H,1-2H2,(H,12,13)(H,14,16,17). The summed E-state index contributed by atoms with van der Waals surface area (Å²) in [6.45, 7) is 0. The Morgan fingerprint density at radius 1 is 1.53 bits per heavy atom. The number of hydrogen-bond acceptors (Lipinski definition) is 6. The molecule has 1 unspecified atom stereocenters. The molecule has 2 N–H and O–H groups in total. The summed E-state index contributed by atoms with van der Waals surface area (Å²) in [6, 6.07) is 0.507. The average molecular weight is 285 g/mol. The first kappa shape index (κ1) is 13.2. The summed E-state index contributed by atoms with van der Waals surface area (Å²) in [5.41, 5.74) is -0.237. The van der Waals surface area contributed by atoms with Crippen LogP contribution >= 0.6 is 11.6 Å². The number of aromatic nitrogens is 1. The van der Waals surface area contributed by atoms with Crippen LogP contribution in [-0.4, -0.2) is 27.8 Å². The number of anilines is 1. The molecule has 2 rings (SSSR count). The Kier molecular flexibility index (Phi) is 3.61. The zero-order valence-electron chi connectivity index (χ0n) is 9.55. The predicted molar refractivity (Wildman–Crippen MR) is 65.7 cm³/mol. The van der Waals surface area contributed by atoms with Crippen molar-refractivity contribution < 1.29 is 14.5 Å². The molecule has 0 radical (unpaired) electrons. The third-order valence-corrected chi connectivity index (χ3v) is 2.88. The van der Waals surface area contributed by atoms with Gasteiger partial charge in [-0.1, -0.05) is 11.6 Å². The van der Waals surface area contributed by atoms with Crippen LogP contribution in [0.5, 0.6) is 0 Å². The summed E-state index contributed by atoms with van der Waals surface area (Å²) in [6.07, 6.45) is 1.58. The highest BCUT2D eigenvalue weighted by Gasteiger charge is 2.27. The smallest absolute Gasteiger partial charge is 0.289 e. The summed E-state index contributed by atoms with van der Waals surface area (Å²) >= 11 is 5.84. The molecular formula is C10H9ClN4O4. The highest BCUT2D eigenvalue weighted by Crippen LogP contribution is 2.25. The zero-order chi connectivity index (χ0) is 14.0. The topological polar surface area (TPSA) is 114 Å². The maximum atomic E-state index is 11.5. The van der Waals surface area contributed by atoms with Crippen LogP contribution in [0.15, 0.2) is 12.3 Å². The quantitative estimate of drug-likeness (QED) is 0.483. The van der Waals surface area contributed by atoms with Crippen molar-refractivity contribution in [2.24, 2.45) is 0 Å². The van der Waals surface area contributed by atoms with Crippen molar-refractivity contribution in [1.82, 2.24) is 10.3 Å². The van der Waals surface area contributed by atoms with Crippen molar-refractivity contribution >= 4 is 34.9 Å². The second-order valence-corrected chi connectivity index (χ2v) is 4.34. The van der Waals surface area contributed by atoms with Gasteiger partial charge in [0.2, 0.25) is 11.8 Å². The van der Waals surface area contributed by atoms with E-state index in [0.29, 0.717) is 6.42 Å². The number of carbonyl (C=O) groups excluding carboxylic acids is 2. The minimum absolute atomic E-state index is 0.0406. The lowest BCUT2D eigenvalue weighted by Gasteiger charge is -2.22. The van der Waals surface area contributed by atoms with E-state index >= 15 is 0 Å². The normalized spacial score (nSPS) is 18.9. The van der Waals surface area contributed by atoms with Crippen molar-refractivity contribution in [1.29, 1.82) is 0 Å². The molecule has 0 bridgehead atoms. The van der Waals surface area contributed by atoms with Crippen LogP contribution in [-0.2, 0) is 9.59 Å².